The van der Waals surface area contributed by atoms with Crippen LogP contribution >= 0.6 is 11.6 Å². The molecular weight excluding hydrogens is 352 g/mol. The molecule has 0 saturated heterocycles. The van der Waals surface area contributed by atoms with Gasteiger partial charge < -0.3 is 9.94 Å². The lowest BCUT2D eigenvalue weighted by Crippen LogP contribution is -2.34. The summed E-state index contributed by atoms with van der Waals surface area (Å²) in [4.78, 5) is 0. The first-order valence-electron chi connectivity index (χ1n) is 6.35. The Morgan fingerprint density at radius 1 is 1.30 bits per heavy atom. The van der Waals surface area contributed by atoms with Gasteiger partial charge in [-0.1, -0.05) is 11.6 Å². The van der Waals surface area contributed by atoms with Crippen molar-refractivity contribution in [3.63, 3.8) is 0 Å². The highest BCUT2D eigenvalue weighted by molar-refractivity contribution is 7.90. The summed E-state index contributed by atoms with van der Waals surface area (Å²) in [6.45, 7) is -1.48. The Balaban J connectivity index is 2.44. The van der Waals surface area contributed by atoms with Gasteiger partial charge in [-0.15, -0.1) is 0 Å². The van der Waals surface area contributed by atoms with Crippen LogP contribution in [-0.2, 0) is 15.6 Å². The van der Waals surface area contributed by atoms with E-state index in [1.54, 1.807) is 6.92 Å². The number of hydrogen-bond acceptors (Lipinski definition) is 4. The first-order valence-corrected chi connectivity index (χ1v) is 8.38. The lowest BCUT2D eigenvalue weighted by atomic mass is 10.2. The van der Waals surface area contributed by atoms with Crippen LogP contribution in [0.2, 0.25) is 5.02 Å². The molecule has 2 rings (SSSR count). The lowest BCUT2D eigenvalue weighted by Gasteiger charge is -2.11. The molecule has 0 fully saturated rings. The first-order chi connectivity index (χ1) is 10.7. The highest BCUT2D eigenvalue weighted by atomic mass is 35.5. The zero-order valence-electron chi connectivity index (χ0n) is 11.9. The van der Waals surface area contributed by atoms with E-state index in [-0.39, 0.29) is 21.1 Å². The van der Waals surface area contributed by atoms with Crippen LogP contribution in [0.25, 0.3) is 0 Å². The molecule has 0 atom stereocenters. The van der Waals surface area contributed by atoms with E-state index >= 15 is 0 Å². The zero-order chi connectivity index (χ0) is 17.2. The van der Waals surface area contributed by atoms with Crippen LogP contribution in [0, 0.1) is 12.1 Å². The molecule has 0 saturated carbocycles. The fourth-order valence-corrected chi connectivity index (χ4v) is 3.62. The molecule has 0 N–H and O–H groups in total. The largest absolute Gasteiger partial charge is 0.618 e. The number of hydrogen-bond donors (Lipinski definition) is 0. The third-order valence-corrected chi connectivity index (χ3v) is 4.81. The van der Waals surface area contributed by atoms with E-state index in [1.165, 1.54) is 24.3 Å². The smallest absolute Gasteiger partial charge is 0.387 e. The van der Waals surface area contributed by atoms with Crippen molar-refractivity contribution >= 4 is 21.4 Å². The molecule has 124 valence electrons. The van der Waals surface area contributed by atoms with Crippen LogP contribution in [-0.4, -0.2) is 15.0 Å². The normalized spacial score (nSPS) is 11.7. The molecule has 1 aromatic heterocycles. The maximum atomic E-state index is 12.4. The average Bonchev–Trinajstić information content (AvgIpc) is 2.43. The van der Waals surface area contributed by atoms with Gasteiger partial charge in [0.25, 0.3) is 0 Å². The average molecular weight is 364 g/mol. The number of benzene rings is 1. The number of nitrogens with zero attached hydrogens (tertiary/aromatic N) is 1. The minimum Gasteiger partial charge on any atom is -0.618 e. The quantitative estimate of drug-likeness (QED) is 0.605. The second-order valence-corrected chi connectivity index (χ2v) is 7.13. The lowest BCUT2D eigenvalue weighted by molar-refractivity contribution is -0.646. The van der Waals surface area contributed by atoms with Gasteiger partial charge in [-0.3, -0.25) is 0 Å². The van der Waals surface area contributed by atoms with E-state index in [2.05, 4.69) is 4.74 Å². The molecule has 2 aromatic rings. The van der Waals surface area contributed by atoms with Gasteiger partial charge >= 0.3 is 11.6 Å². The number of alkyl halides is 2. The van der Waals surface area contributed by atoms with Gasteiger partial charge in [0.15, 0.2) is 6.20 Å². The summed E-state index contributed by atoms with van der Waals surface area (Å²) in [7, 11) is -4.07. The van der Waals surface area contributed by atoms with Crippen LogP contribution in [0.4, 0.5) is 8.78 Å². The molecule has 0 aliphatic heterocycles. The van der Waals surface area contributed by atoms with Gasteiger partial charge in [-0.25, -0.2) is 8.42 Å². The number of aromatic nitrogens is 1. The van der Waals surface area contributed by atoms with E-state index in [4.69, 9.17) is 11.6 Å². The Labute approximate surface area is 136 Å². The Morgan fingerprint density at radius 2 is 2.00 bits per heavy atom. The highest BCUT2D eigenvalue weighted by Crippen LogP contribution is 2.27. The first kappa shape index (κ1) is 17.4. The highest BCUT2D eigenvalue weighted by Gasteiger charge is 2.26. The minimum absolute atomic E-state index is 0.0562. The number of pyridine rings is 1. The van der Waals surface area contributed by atoms with Gasteiger partial charge in [0.1, 0.15) is 5.75 Å². The summed E-state index contributed by atoms with van der Waals surface area (Å²) in [5.74, 6) is -1.00. The third kappa shape index (κ3) is 4.29. The van der Waals surface area contributed by atoms with Gasteiger partial charge in [0, 0.05) is 22.7 Å². The number of aryl methyl sites for hydroxylation is 1. The summed E-state index contributed by atoms with van der Waals surface area (Å²) in [5.41, 5.74) is 0.519. The Bertz CT molecular complexity index is 828. The summed E-state index contributed by atoms with van der Waals surface area (Å²) in [6.07, 6.45) is 1.07. The van der Waals surface area contributed by atoms with Crippen LogP contribution in [0.1, 0.15) is 11.1 Å². The zero-order valence-corrected chi connectivity index (χ0v) is 13.4. The Kier molecular flexibility index (Phi) is 5.06. The second-order valence-electron chi connectivity index (χ2n) is 4.76. The maximum absolute atomic E-state index is 12.4. The molecule has 0 bridgehead atoms. The maximum Gasteiger partial charge on any atom is 0.387 e. The van der Waals surface area contributed by atoms with Crippen molar-refractivity contribution in [1.29, 1.82) is 0 Å². The predicted molar refractivity (Wildman–Crippen MR) is 79.1 cm³/mol. The molecule has 0 amide bonds. The van der Waals surface area contributed by atoms with Gasteiger partial charge in [-0.05, 0) is 30.7 Å². The Morgan fingerprint density at radius 3 is 2.65 bits per heavy atom. The molecule has 5 nitrogen and oxygen atoms in total. The summed E-state index contributed by atoms with van der Waals surface area (Å²) < 4.78 is 54.2. The molecule has 9 heteroatoms. The van der Waals surface area contributed by atoms with E-state index in [0.717, 1.165) is 12.3 Å². The molecule has 0 radical (unpaired) electrons. The van der Waals surface area contributed by atoms with Gasteiger partial charge in [0.2, 0.25) is 9.84 Å². The Hall–Kier alpha value is -1.93. The van der Waals surface area contributed by atoms with Crippen molar-refractivity contribution in [2.24, 2.45) is 0 Å². The van der Waals surface area contributed by atoms with E-state index < -0.39 is 27.2 Å². The van der Waals surface area contributed by atoms with Crippen LogP contribution in [0.5, 0.6) is 5.75 Å². The van der Waals surface area contributed by atoms with Crippen molar-refractivity contribution in [2.45, 2.75) is 24.3 Å². The predicted octanol–water partition coefficient (Wildman–Crippen LogP) is 2.86. The number of ether oxygens (including phenoxy) is 1. The summed E-state index contributed by atoms with van der Waals surface area (Å²) in [6, 6.07) is 6.33. The molecule has 1 aromatic carbocycles. The van der Waals surface area contributed by atoms with E-state index in [0.29, 0.717) is 5.56 Å². The fraction of sp³-hybridized carbons (Fsp3) is 0.214. The molecular formula is C14H12ClF2NO4S. The monoisotopic (exact) mass is 363 g/mol. The van der Waals surface area contributed by atoms with Crippen molar-refractivity contribution < 1.29 is 26.7 Å². The molecule has 0 spiro atoms. The minimum atomic E-state index is -4.07. The van der Waals surface area contributed by atoms with Crippen molar-refractivity contribution in [1.82, 2.24) is 0 Å². The molecule has 1 heterocycles. The van der Waals surface area contributed by atoms with Crippen LogP contribution in [0.3, 0.4) is 0 Å². The van der Waals surface area contributed by atoms with Crippen molar-refractivity contribution in [3.05, 3.63) is 57.9 Å². The molecule has 23 heavy (non-hydrogen) atoms. The fourth-order valence-electron chi connectivity index (χ4n) is 1.94. The number of halogens is 3. The SMILES string of the molecule is Cc1cc[n+]([O-])c(S(=O)(=O)Cc2cc(Cl)ccc2OC(F)F)c1. The van der Waals surface area contributed by atoms with Gasteiger partial charge in [-0.2, -0.15) is 13.5 Å². The van der Waals surface area contributed by atoms with Gasteiger partial charge in [0.05, 0.1) is 5.75 Å². The topological polar surface area (TPSA) is 70.3 Å². The van der Waals surface area contributed by atoms with E-state index in [9.17, 15) is 22.4 Å². The standard InChI is InChI=1S/C14H12ClF2NO4S/c1-9-4-5-18(19)13(6-9)23(20,21)8-10-7-11(15)2-3-12(10)22-14(16)17/h2-7,14H,8H2,1H3. The van der Waals surface area contributed by atoms with Crippen LogP contribution in [0.15, 0.2) is 41.6 Å². The molecule has 0 unspecified atom stereocenters. The molecule has 0 aliphatic carbocycles. The molecule has 0 aliphatic rings. The van der Waals surface area contributed by atoms with Crippen molar-refractivity contribution in [2.75, 3.05) is 0 Å². The summed E-state index contributed by atoms with van der Waals surface area (Å²) in [5, 5.41) is 11.4. The van der Waals surface area contributed by atoms with Crippen LogP contribution < -0.4 is 9.47 Å². The number of rotatable bonds is 5. The third-order valence-electron chi connectivity index (χ3n) is 2.94. The van der Waals surface area contributed by atoms with Crippen molar-refractivity contribution in [3.8, 4) is 5.75 Å². The number of sulfone groups is 1. The second kappa shape index (κ2) is 6.67. The summed E-state index contributed by atoms with van der Waals surface area (Å²) >= 11 is 5.78. The van der Waals surface area contributed by atoms with E-state index in [1.807, 2.05) is 0 Å².